The van der Waals surface area contributed by atoms with E-state index in [4.69, 9.17) is 0 Å². The van der Waals surface area contributed by atoms with Crippen molar-refractivity contribution in [2.75, 3.05) is 20.6 Å². The Bertz CT molecular complexity index is 896. The summed E-state index contributed by atoms with van der Waals surface area (Å²) in [6.45, 7) is 5.92. The van der Waals surface area contributed by atoms with Crippen LogP contribution >= 0.6 is 0 Å². The van der Waals surface area contributed by atoms with Crippen molar-refractivity contribution in [2.24, 2.45) is 0 Å². The zero-order valence-electron chi connectivity index (χ0n) is 16.5. The molecule has 134 valence electrons. The lowest BCUT2D eigenvalue weighted by atomic mass is 9.74. The Morgan fingerprint density at radius 3 is 2.54 bits per heavy atom. The molecule has 0 aromatic heterocycles. The lowest BCUT2D eigenvalue weighted by molar-refractivity contribution is 0.414. The van der Waals surface area contributed by atoms with E-state index in [0.29, 0.717) is 0 Å². The number of fused-ring (bicyclic) bond motifs is 3. The van der Waals surface area contributed by atoms with Crippen LogP contribution in [0.3, 0.4) is 0 Å². The molecule has 2 aromatic carbocycles. The van der Waals surface area contributed by atoms with Gasteiger partial charge in [-0.1, -0.05) is 79.6 Å². The van der Waals surface area contributed by atoms with E-state index in [1.54, 1.807) is 5.57 Å². The monoisotopic (exact) mass is 343 g/mol. The molecule has 0 N–H and O–H groups in total. The van der Waals surface area contributed by atoms with Gasteiger partial charge in [0.2, 0.25) is 0 Å². The standard InChI is InChI=1S/C25H29N/c1-25(2,20-13-12-18(16-20)14-15-26(3)4)24-11-7-10-22-21-9-6-5-8-19(21)17-23(22)24/h5-12,16H,13-15,17H2,1-4H3. The second-order valence-electron chi connectivity index (χ2n) is 8.50. The van der Waals surface area contributed by atoms with Crippen molar-refractivity contribution in [3.05, 3.63) is 82.5 Å². The van der Waals surface area contributed by atoms with Crippen LogP contribution in [0.15, 0.2) is 65.8 Å². The summed E-state index contributed by atoms with van der Waals surface area (Å²) in [4.78, 5) is 2.26. The Labute approximate surface area is 158 Å². The van der Waals surface area contributed by atoms with E-state index in [9.17, 15) is 0 Å². The highest BCUT2D eigenvalue weighted by Crippen LogP contribution is 2.45. The summed E-state index contributed by atoms with van der Waals surface area (Å²) in [5, 5.41) is 0. The Morgan fingerprint density at radius 2 is 1.73 bits per heavy atom. The number of hydrogen-bond donors (Lipinski definition) is 0. The fraction of sp³-hybridized carbons (Fsp3) is 0.360. The lowest BCUT2D eigenvalue weighted by Gasteiger charge is -2.30. The van der Waals surface area contributed by atoms with Crippen LogP contribution in [0.4, 0.5) is 0 Å². The maximum atomic E-state index is 2.46. The Morgan fingerprint density at radius 1 is 0.962 bits per heavy atom. The molecule has 0 heterocycles. The largest absolute Gasteiger partial charge is 0.309 e. The van der Waals surface area contributed by atoms with Gasteiger partial charge in [-0.05, 0) is 61.2 Å². The van der Waals surface area contributed by atoms with Crippen molar-refractivity contribution in [3.63, 3.8) is 0 Å². The molecule has 4 rings (SSSR count). The van der Waals surface area contributed by atoms with Gasteiger partial charge in [-0.3, -0.25) is 0 Å². The average molecular weight is 344 g/mol. The summed E-state index contributed by atoms with van der Waals surface area (Å²) in [5.41, 5.74) is 10.5. The fourth-order valence-corrected chi connectivity index (χ4v) is 4.46. The smallest absolute Gasteiger partial charge is 0.0114 e. The van der Waals surface area contributed by atoms with Gasteiger partial charge < -0.3 is 4.90 Å². The zero-order chi connectivity index (χ0) is 18.3. The number of hydrogen-bond acceptors (Lipinski definition) is 1. The van der Waals surface area contributed by atoms with Gasteiger partial charge in [0.05, 0.1) is 0 Å². The van der Waals surface area contributed by atoms with E-state index in [-0.39, 0.29) is 5.41 Å². The second kappa shape index (κ2) is 6.55. The van der Waals surface area contributed by atoms with Crippen molar-refractivity contribution < 1.29 is 0 Å². The quantitative estimate of drug-likeness (QED) is 0.570. The zero-order valence-corrected chi connectivity index (χ0v) is 16.5. The Balaban J connectivity index is 1.66. The fourth-order valence-electron chi connectivity index (χ4n) is 4.46. The first kappa shape index (κ1) is 17.3. The number of allylic oxidation sites excluding steroid dienone is 3. The molecule has 1 heteroatoms. The van der Waals surface area contributed by atoms with Gasteiger partial charge in [0, 0.05) is 12.0 Å². The van der Waals surface area contributed by atoms with Crippen molar-refractivity contribution in [2.45, 2.75) is 38.5 Å². The summed E-state index contributed by atoms with van der Waals surface area (Å²) in [6, 6.07) is 15.8. The summed E-state index contributed by atoms with van der Waals surface area (Å²) in [7, 11) is 4.30. The van der Waals surface area contributed by atoms with Crippen LogP contribution in [-0.2, 0) is 11.8 Å². The molecule has 0 fully saturated rings. The molecule has 0 radical (unpaired) electrons. The minimum absolute atomic E-state index is 0.0732. The Kier molecular flexibility index (Phi) is 4.36. The van der Waals surface area contributed by atoms with Crippen LogP contribution < -0.4 is 0 Å². The summed E-state index contributed by atoms with van der Waals surface area (Å²) >= 11 is 0. The maximum Gasteiger partial charge on any atom is 0.0114 e. The van der Waals surface area contributed by atoms with Crippen molar-refractivity contribution >= 4 is 0 Å². The summed E-state index contributed by atoms with van der Waals surface area (Å²) < 4.78 is 0. The van der Waals surface area contributed by atoms with Gasteiger partial charge >= 0.3 is 0 Å². The van der Waals surface area contributed by atoms with Crippen LogP contribution in [0.25, 0.3) is 11.1 Å². The third-order valence-electron chi connectivity index (χ3n) is 6.12. The third kappa shape index (κ3) is 2.95. The predicted molar refractivity (Wildman–Crippen MR) is 112 cm³/mol. The van der Waals surface area contributed by atoms with Gasteiger partial charge in [-0.15, -0.1) is 0 Å². The molecule has 0 amide bonds. The molecule has 0 aliphatic heterocycles. The van der Waals surface area contributed by atoms with Crippen LogP contribution in [-0.4, -0.2) is 25.5 Å². The number of nitrogens with zero attached hydrogens (tertiary/aromatic N) is 1. The number of rotatable bonds is 5. The molecule has 0 saturated carbocycles. The van der Waals surface area contributed by atoms with Crippen LogP contribution in [0.2, 0.25) is 0 Å². The molecule has 26 heavy (non-hydrogen) atoms. The van der Waals surface area contributed by atoms with Crippen LogP contribution in [0, 0.1) is 0 Å². The van der Waals surface area contributed by atoms with E-state index >= 15 is 0 Å². The molecule has 0 saturated heterocycles. The van der Waals surface area contributed by atoms with Crippen molar-refractivity contribution in [1.82, 2.24) is 4.90 Å². The normalized spacial score (nSPS) is 15.7. The van der Waals surface area contributed by atoms with Gasteiger partial charge in [0.1, 0.15) is 0 Å². The SMILES string of the molecule is CN(C)CCC1=CCC(C(C)(C)c2cccc3c2Cc2ccccc2-3)=C1. The van der Waals surface area contributed by atoms with E-state index < -0.39 is 0 Å². The lowest BCUT2D eigenvalue weighted by Crippen LogP contribution is -2.21. The second-order valence-corrected chi connectivity index (χ2v) is 8.50. The molecule has 0 spiro atoms. The molecule has 0 bridgehead atoms. The van der Waals surface area contributed by atoms with Gasteiger partial charge in [0.25, 0.3) is 0 Å². The van der Waals surface area contributed by atoms with E-state index in [1.807, 2.05) is 0 Å². The van der Waals surface area contributed by atoms with Crippen LogP contribution in [0.5, 0.6) is 0 Å². The number of benzene rings is 2. The van der Waals surface area contributed by atoms with Gasteiger partial charge in [0.15, 0.2) is 0 Å². The minimum atomic E-state index is 0.0732. The van der Waals surface area contributed by atoms with E-state index in [2.05, 4.69) is 87.5 Å². The average Bonchev–Trinajstić information content (AvgIpc) is 3.24. The molecular weight excluding hydrogens is 314 g/mol. The first-order valence-corrected chi connectivity index (χ1v) is 9.72. The predicted octanol–water partition coefficient (Wildman–Crippen LogP) is 5.74. The molecule has 0 unspecified atom stereocenters. The highest BCUT2D eigenvalue weighted by molar-refractivity contribution is 5.78. The molecule has 0 atom stereocenters. The summed E-state index contributed by atoms with van der Waals surface area (Å²) in [5.74, 6) is 0. The highest BCUT2D eigenvalue weighted by atomic mass is 15.0. The van der Waals surface area contributed by atoms with E-state index in [1.165, 1.54) is 33.4 Å². The minimum Gasteiger partial charge on any atom is -0.309 e. The first-order valence-electron chi connectivity index (χ1n) is 9.72. The molecule has 1 nitrogen and oxygen atoms in total. The van der Waals surface area contributed by atoms with E-state index in [0.717, 1.165) is 25.8 Å². The Hall–Kier alpha value is -2.12. The first-order chi connectivity index (χ1) is 12.5. The molecular formula is C25H29N. The molecule has 2 aromatic rings. The van der Waals surface area contributed by atoms with Gasteiger partial charge in [-0.2, -0.15) is 0 Å². The molecule has 2 aliphatic carbocycles. The summed E-state index contributed by atoms with van der Waals surface area (Å²) in [6.07, 6.45) is 8.19. The highest BCUT2D eigenvalue weighted by Gasteiger charge is 2.32. The maximum absolute atomic E-state index is 2.46. The van der Waals surface area contributed by atoms with Crippen molar-refractivity contribution in [3.8, 4) is 11.1 Å². The van der Waals surface area contributed by atoms with Gasteiger partial charge in [-0.25, -0.2) is 0 Å². The molecule has 2 aliphatic rings. The van der Waals surface area contributed by atoms with Crippen molar-refractivity contribution in [1.29, 1.82) is 0 Å². The van der Waals surface area contributed by atoms with Crippen LogP contribution in [0.1, 0.15) is 43.4 Å². The third-order valence-corrected chi connectivity index (χ3v) is 6.12. The topological polar surface area (TPSA) is 3.24 Å².